The smallest absolute Gasteiger partial charge is 0.331 e. The van der Waals surface area contributed by atoms with Gasteiger partial charge in [0.1, 0.15) is 11.9 Å². The van der Waals surface area contributed by atoms with Crippen LogP contribution in [0.25, 0.3) is 0 Å². The van der Waals surface area contributed by atoms with E-state index in [1.165, 1.54) is 18.6 Å². The van der Waals surface area contributed by atoms with Gasteiger partial charge in [0, 0.05) is 6.07 Å². The first-order valence-electron chi connectivity index (χ1n) is 6.15. The maximum atomic E-state index is 10.9. The number of aromatic nitrogens is 1. The Bertz CT molecular complexity index is 450. The third-order valence-electron chi connectivity index (χ3n) is 3.35. The summed E-state index contributed by atoms with van der Waals surface area (Å²) in [6, 6.07) is 2.75. The summed E-state index contributed by atoms with van der Waals surface area (Å²) < 4.78 is 5.71. The number of nitrogen functional groups attached to an aromatic ring is 1. The number of pyridine rings is 1. The molecular formula is C12H17N3O3. The molecule has 0 spiro atoms. The van der Waals surface area contributed by atoms with Crippen LogP contribution in [0.4, 0.5) is 11.5 Å². The fraction of sp³-hybridized carbons (Fsp3) is 0.583. The lowest BCUT2D eigenvalue weighted by molar-refractivity contribution is -0.386. The van der Waals surface area contributed by atoms with Gasteiger partial charge in [-0.15, -0.1) is 0 Å². The second-order valence-corrected chi connectivity index (χ2v) is 4.74. The van der Waals surface area contributed by atoms with E-state index in [9.17, 15) is 10.1 Å². The Morgan fingerprint density at radius 2 is 2.17 bits per heavy atom. The molecule has 2 N–H and O–H groups in total. The molecule has 6 heteroatoms. The van der Waals surface area contributed by atoms with Crippen LogP contribution in [-0.4, -0.2) is 16.0 Å². The predicted octanol–water partition coefficient (Wildman–Crippen LogP) is 2.53. The van der Waals surface area contributed by atoms with Gasteiger partial charge in [0.05, 0.1) is 4.92 Å². The van der Waals surface area contributed by atoms with E-state index in [-0.39, 0.29) is 23.5 Å². The second kappa shape index (κ2) is 5.20. The van der Waals surface area contributed by atoms with Crippen LogP contribution in [-0.2, 0) is 0 Å². The molecule has 0 aromatic carbocycles. The van der Waals surface area contributed by atoms with E-state index in [0.29, 0.717) is 5.92 Å². The molecule has 2 unspecified atom stereocenters. The zero-order valence-corrected chi connectivity index (χ0v) is 10.3. The molecule has 0 amide bonds. The van der Waals surface area contributed by atoms with E-state index in [0.717, 1.165) is 19.3 Å². The number of rotatable bonds is 3. The largest absolute Gasteiger partial charge is 0.469 e. The standard InChI is InChI=1S/C12H17N3O3/c1-8-4-2-3-5-10(8)18-12-9(15(16)17)6-7-11(13)14-12/h6-8,10H,2-5H2,1H3,(H2,13,14). The summed E-state index contributed by atoms with van der Waals surface area (Å²) in [4.78, 5) is 14.3. The molecule has 1 aromatic rings. The first kappa shape index (κ1) is 12.6. The van der Waals surface area contributed by atoms with Crippen LogP contribution < -0.4 is 10.5 Å². The third-order valence-corrected chi connectivity index (χ3v) is 3.35. The van der Waals surface area contributed by atoms with Crippen molar-refractivity contribution in [2.75, 3.05) is 5.73 Å². The number of nitrogens with two attached hydrogens (primary N) is 1. The fourth-order valence-electron chi connectivity index (χ4n) is 2.27. The lowest BCUT2D eigenvalue weighted by atomic mass is 9.88. The Morgan fingerprint density at radius 3 is 2.83 bits per heavy atom. The zero-order valence-electron chi connectivity index (χ0n) is 10.3. The van der Waals surface area contributed by atoms with Crippen LogP contribution in [0.15, 0.2) is 12.1 Å². The summed E-state index contributed by atoms with van der Waals surface area (Å²) in [5.41, 5.74) is 5.43. The Hall–Kier alpha value is -1.85. The van der Waals surface area contributed by atoms with Crippen LogP contribution >= 0.6 is 0 Å². The summed E-state index contributed by atoms with van der Waals surface area (Å²) in [5.74, 6) is 0.666. The summed E-state index contributed by atoms with van der Waals surface area (Å²) in [6.07, 6.45) is 4.26. The molecule has 18 heavy (non-hydrogen) atoms. The molecular weight excluding hydrogens is 234 g/mol. The van der Waals surface area contributed by atoms with E-state index in [1.54, 1.807) is 0 Å². The minimum absolute atomic E-state index is 0.00764. The Morgan fingerprint density at radius 1 is 1.44 bits per heavy atom. The van der Waals surface area contributed by atoms with Gasteiger partial charge in [-0.1, -0.05) is 13.3 Å². The molecule has 0 aliphatic heterocycles. The van der Waals surface area contributed by atoms with Crippen LogP contribution in [0.1, 0.15) is 32.6 Å². The maximum absolute atomic E-state index is 10.9. The third kappa shape index (κ3) is 2.69. The van der Waals surface area contributed by atoms with E-state index < -0.39 is 4.92 Å². The minimum Gasteiger partial charge on any atom is -0.469 e. The fourth-order valence-corrected chi connectivity index (χ4v) is 2.27. The van der Waals surface area contributed by atoms with Crippen molar-refractivity contribution in [1.82, 2.24) is 4.98 Å². The SMILES string of the molecule is CC1CCCCC1Oc1nc(N)ccc1[N+](=O)[O-]. The highest BCUT2D eigenvalue weighted by molar-refractivity contribution is 5.47. The number of nitrogens with zero attached hydrogens (tertiary/aromatic N) is 2. The van der Waals surface area contributed by atoms with Gasteiger partial charge in [0.15, 0.2) is 0 Å². The average molecular weight is 251 g/mol. The normalized spacial score (nSPS) is 23.6. The molecule has 1 aliphatic carbocycles. The van der Waals surface area contributed by atoms with Crippen molar-refractivity contribution in [3.63, 3.8) is 0 Å². The highest BCUT2D eigenvalue weighted by Crippen LogP contribution is 2.32. The predicted molar refractivity (Wildman–Crippen MR) is 67.4 cm³/mol. The second-order valence-electron chi connectivity index (χ2n) is 4.74. The van der Waals surface area contributed by atoms with E-state index in [1.807, 2.05) is 0 Å². The van der Waals surface area contributed by atoms with Crippen molar-refractivity contribution >= 4 is 11.5 Å². The first-order chi connectivity index (χ1) is 8.58. The summed E-state index contributed by atoms with van der Waals surface area (Å²) in [6.45, 7) is 2.10. The van der Waals surface area contributed by atoms with Gasteiger partial charge < -0.3 is 10.5 Å². The Balaban J connectivity index is 2.21. The molecule has 1 aromatic heterocycles. The number of ether oxygens (including phenoxy) is 1. The number of hydrogen-bond acceptors (Lipinski definition) is 5. The molecule has 2 rings (SSSR count). The highest BCUT2D eigenvalue weighted by Gasteiger charge is 2.27. The van der Waals surface area contributed by atoms with Gasteiger partial charge in [-0.2, -0.15) is 4.98 Å². The van der Waals surface area contributed by atoms with Gasteiger partial charge in [0.2, 0.25) is 0 Å². The van der Waals surface area contributed by atoms with Crippen LogP contribution in [0.2, 0.25) is 0 Å². The maximum Gasteiger partial charge on any atom is 0.331 e. The molecule has 1 aliphatic rings. The molecule has 0 saturated heterocycles. The topological polar surface area (TPSA) is 91.3 Å². The van der Waals surface area contributed by atoms with Crippen molar-refractivity contribution in [2.24, 2.45) is 5.92 Å². The highest BCUT2D eigenvalue weighted by atomic mass is 16.6. The zero-order chi connectivity index (χ0) is 13.1. The summed E-state index contributed by atoms with van der Waals surface area (Å²) in [7, 11) is 0. The summed E-state index contributed by atoms with van der Waals surface area (Å²) >= 11 is 0. The van der Waals surface area contributed by atoms with Crippen molar-refractivity contribution < 1.29 is 9.66 Å². The first-order valence-corrected chi connectivity index (χ1v) is 6.15. The molecule has 1 heterocycles. The van der Waals surface area contributed by atoms with E-state index >= 15 is 0 Å². The quantitative estimate of drug-likeness (QED) is 0.658. The van der Waals surface area contributed by atoms with E-state index in [2.05, 4.69) is 11.9 Å². The monoisotopic (exact) mass is 251 g/mol. The molecule has 0 radical (unpaired) electrons. The molecule has 6 nitrogen and oxygen atoms in total. The molecule has 0 bridgehead atoms. The molecule has 1 saturated carbocycles. The average Bonchev–Trinajstić information content (AvgIpc) is 2.32. The van der Waals surface area contributed by atoms with Gasteiger partial charge >= 0.3 is 5.69 Å². The number of hydrogen-bond donors (Lipinski definition) is 1. The van der Waals surface area contributed by atoms with Gasteiger partial charge in [0.25, 0.3) is 5.88 Å². The van der Waals surface area contributed by atoms with Gasteiger partial charge in [-0.25, -0.2) is 0 Å². The van der Waals surface area contributed by atoms with Crippen molar-refractivity contribution in [3.8, 4) is 5.88 Å². The molecule has 1 fully saturated rings. The lowest BCUT2D eigenvalue weighted by Gasteiger charge is -2.28. The van der Waals surface area contributed by atoms with Gasteiger partial charge in [-0.05, 0) is 31.2 Å². The number of anilines is 1. The van der Waals surface area contributed by atoms with E-state index in [4.69, 9.17) is 10.5 Å². The van der Waals surface area contributed by atoms with Crippen molar-refractivity contribution in [1.29, 1.82) is 0 Å². The van der Waals surface area contributed by atoms with Crippen LogP contribution in [0.3, 0.4) is 0 Å². The van der Waals surface area contributed by atoms with Gasteiger partial charge in [-0.3, -0.25) is 10.1 Å². The van der Waals surface area contributed by atoms with Crippen LogP contribution in [0.5, 0.6) is 5.88 Å². The number of nitro groups is 1. The summed E-state index contributed by atoms with van der Waals surface area (Å²) in [5, 5.41) is 10.9. The van der Waals surface area contributed by atoms with Crippen LogP contribution in [0, 0.1) is 16.0 Å². The van der Waals surface area contributed by atoms with Crippen molar-refractivity contribution in [3.05, 3.63) is 22.2 Å². The Labute approximate surface area is 105 Å². The lowest BCUT2D eigenvalue weighted by Crippen LogP contribution is -2.28. The molecule has 2 atom stereocenters. The Kier molecular flexibility index (Phi) is 3.64. The van der Waals surface area contributed by atoms with Crippen molar-refractivity contribution in [2.45, 2.75) is 38.7 Å². The minimum atomic E-state index is -0.491. The molecule has 98 valence electrons.